The summed E-state index contributed by atoms with van der Waals surface area (Å²) in [5, 5.41) is 2.64. The van der Waals surface area contributed by atoms with Gasteiger partial charge in [-0.05, 0) is 30.3 Å². The average Bonchev–Trinajstić information content (AvgIpc) is 2.85. The fourth-order valence-electron chi connectivity index (χ4n) is 1.82. The summed E-state index contributed by atoms with van der Waals surface area (Å²) in [5.41, 5.74) is 1.67. The van der Waals surface area contributed by atoms with E-state index in [1.807, 2.05) is 0 Å². The van der Waals surface area contributed by atoms with Gasteiger partial charge in [-0.1, -0.05) is 6.07 Å². The van der Waals surface area contributed by atoms with Crippen molar-refractivity contribution in [2.24, 2.45) is 0 Å². The lowest BCUT2D eigenvalue weighted by molar-refractivity contribution is 0.102. The van der Waals surface area contributed by atoms with Gasteiger partial charge in [0.1, 0.15) is 11.5 Å². The van der Waals surface area contributed by atoms with Crippen molar-refractivity contribution in [3.8, 4) is 0 Å². The van der Waals surface area contributed by atoms with E-state index >= 15 is 0 Å². The van der Waals surface area contributed by atoms with E-state index in [0.717, 1.165) is 5.65 Å². The molecular formula is C14H10FN3O. The van der Waals surface area contributed by atoms with Gasteiger partial charge in [-0.3, -0.25) is 4.79 Å². The van der Waals surface area contributed by atoms with Crippen LogP contribution in [-0.2, 0) is 0 Å². The SMILES string of the molecule is O=C(Nc1cccc(F)c1)c1ccc2nccn2c1. The number of anilines is 1. The van der Waals surface area contributed by atoms with Crippen molar-refractivity contribution in [2.45, 2.75) is 0 Å². The van der Waals surface area contributed by atoms with E-state index in [9.17, 15) is 9.18 Å². The Bertz CT molecular complexity index is 751. The molecule has 1 amide bonds. The summed E-state index contributed by atoms with van der Waals surface area (Å²) in [5.74, 6) is -0.677. The van der Waals surface area contributed by atoms with Crippen molar-refractivity contribution in [3.05, 3.63) is 66.4 Å². The molecule has 19 heavy (non-hydrogen) atoms. The van der Waals surface area contributed by atoms with Crippen LogP contribution in [0.1, 0.15) is 10.4 Å². The average molecular weight is 255 g/mol. The first-order valence-corrected chi connectivity index (χ1v) is 5.72. The molecule has 5 heteroatoms. The Hall–Kier alpha value is -2.69. The highest BCUT2D eigenvalue weighted by Gasteiger charge is 2.07. The minimum atomic E-state index is -0.386. The van der Waals surface area contributed by atoms with Crippen LogP contribution in [0.25, 0.3) is 5.65 Å². The summed E-state index contributed by atoms with van der Waals surface area (Å²) in [6.07, 6.45) is 5.09. The van der Waals surface area contributed by atoms with E-state index in [4.69, 9.17) is 0 Å². The second kappa shape index (κ2) is 4.53. The highest BCUT2D eigenvalue weighted by Crippen LogP contribution is 2.12. The van der Waals surface area contributed by atoms with Crippen LogP contribution < -0.4 is 5.32 Å². The van der Waals surface area contributed by atoms with Gasteiger partial charge < -0.3 is 9.72 Å². The monoisotopic (exact) mass is 255 g/mol. The third-order valence-electron chi connectivity index (χ3n) is 2.73. The number of carbonyl (C=O) groups is 1. The zero-order valence-corrected chi connectivity index (χ0v) is 9.88. The number of benzene rings is 1. The van der Waals surface area contributed by atoms with E-state index in [-0.39, 0.29) is 11.7 Å². The molecular weight excluding hydrogens is 245 g/mol. The van der Waals surface area contributed by atoms with Gasteiger partial charge >= 0.3 is 0 Å². The predicted molar refractivity (Wildman–Crippen MR) is 69.5 cm³/mol. The molecule has 0 aliphatic carbocycles. The zero-order chi connectivity index (χ0) is 13.2. The summed E-state index contributed by atoms with van der Waals surface area (Å²) in [4.78, 5) is 16.1. The first-order valence-electron chi connectivity index (χ1n) is 5.72. The largest absolute Gasteiger partial charge is 0.322 e. The van der Waals surface area contributed by atoms with Gasteiger partial charge in [-0.15, -0.1) is 0 Å². The molecule has 3 rings (SSSR count). The predicted octanol–water partition coefficient (Wildman–Crippen LogP) is 2.73. The summed E-state index contributed by atoms with van der Waals surface area (Å²) >= 11 is 0. The molecule has 0 aliphatic rings. The summed E-state index contributed by atoms with van der Waals surface area (Å²) < 4.78 is 14.8. The minimum Gasteiger partial charge on any atom is -0.322 e. The molecule has 0 saturated carbocycles. The number of carbonyl (C=O) groups excluding carboxylic acids is 1. The number of rotatable bonds is 2. The molecule has 0 fully saturated rings. The normalized spacial score (nSPS) is 10.6. The van der Waals surface area contributed by atoms with Crippen molar-refractivity contribution >= 4 is 17.2 Å². The Labute approximate surface area is 108 Å². The lowest BCUT2D eigenvalue weighted by atomic mass is 10.2. The molecule has 0 atom stereocenters. The molecule has 2 aromatic heterocycles. The third-order valence-corrected chi connectivity index (χ3v) is 2.73. The fraction of sp³-hybridized carbons (Fsp3) is 0. The molecule has 0 aliphatic heterocycles. The molecule has 0 radical (unpaired) electrons. The lowest BCUT2D eigenvalue weighted by Crippen LogP contribution is -2.12. The van der Waals surface area contributed by atoms with Crippen molar-refractivity contribution in [1.82, 2.24) is 9.38 Å². The second-order valence-electron chi connectivity index (χ2n) is 4.07. The maximum Gasteiger partial charge on any atom is 0.257 e. The van der Waals surface area contributed by atoms with E-state index in [0.29, 0.717) is 11.3 Å². The smallest absolute Gasteiger partial charge is 0.257 e. The molecule has 0 spiro atoms. The number of imidazole rings is 1. The molecule has 0 saturated heterocycles. The van der Waals surface area contributed by atoms with E-state index < -0.39 is 0 Å². The van der Waals surface area contributed by atoms with Gasteiger partial charge in [0, 0.05) is 24.3 Å². The Morgan fingerprint density at radius 3 is 3.00 bits per heavy atom. The van der Waals surface area contributed by atoms with Gasteiger partial charge in [0.2, 0.25) is 0 Å². The lowest BCUT2D eigenvalue weighted by Gasteiger charge is -2.05. The van der Waals surface area contributed by atoms with Crippen molar-refractivity contribution in [1.29, 1.82) is 0 Å². The van der Waals surface area contributed by atoms with Crippen molar-refractivity contribution < 1.29 is 9.18 Å². The molecule has 1 aromatic carbocycles. The molecule has 94 valence electrons. The summed E-state index contributed by atoms with van der Waals surface area (Å²) in [7, 11) is 0. The number of aromatic nitrogens is 2. The number of hydrogen-bond donors (Lipinski definition) is 1. The number of amides is 1. The van der Waals surface area contributed by atoms with Crippen LogP contribution >= 0.6 is 0 Å². The number of hydrogen-bond acceptors (Lipinski definition) is 2. The van der Waals surface area contributed by atoms with Crippen LogP contribution in [0.5, 0.6) is 0 Å². The number of halogens is 1. The molecule has 1 N–H and O–H groups in total. The Morgan fingerprint density at radius 2 is 2.16 bits per heavy atom. The minimum absolute atomic E-state index is 0.291. The molecule has 0 unspecified atom stereocenters. The summed E-state index contributed by atoms with van der Waals surface area (Å²) in [6.45, 7) is 0. The topological polar surface area (TPSA) is 46.4 Å². The molecule has 4 nitrogen and oxygen atoms in total. The highest BCUT2D eigenvalue weighted by atomic mass is 19.1. The molecule has 0 bridgehead atoms. The van der Waals surface area contributed by atoms with E-state index in [2.05, 4.69) is 10.3 Å². The number of fused-ring (bicyclic) bond motifs is 1. The quantitative estimate of drug-likeness (QED) is 0.765. The van der Waals surface area contributed by atoms with Crippen LogP contribution in [-0.4, -0.2) is 15.3 Å². The van der Waals surface area contributed by atoms with Gasteiger partial charge in [-0.2, -0.15) is 0 Å². The Morgan fingerprint density at radius 1 is 1.26 bits per heavy atom. The fourth-order valence-corrected chi connectivity index (χ4v) is 1.82. The van der Waals surface area contributed by atoms with E-state index in [1.165, 1.54) is 12.1 Å². The van der Waals surface area contributed by atoms with Gasteiger partial charge in [0.15, 0.2) is 0 Å². The van der Waals surface area contributed by atoms with E-state index in [1.54, 1.807) is 47.3 Å². The number of pyridine rings is 1. The number of nitrogens with zero attached hydrogens (tertiary/aromatic N) is 2. The maximum atomic E-state index is 13.0. The third kappa shape index (κ3) is 2.30. The van der Waals surface area contributed by atoms with Gasteiger partial charge in [-0.25, -0.2) is 9.37 Å². The zero-order valence-electron chi connectivity index (χ0n) is 9.88. The standard InChI is InChI=1S/C14H10FN3O/c15-11-2-1-3-12(8-11)17-14(19)10-4-5-13-16-6-7-18(13)9-10/h1-9H,(H,17,19). The van der Waals surface area contributed by atoms with Crippen molar-refractivity contribution in [3.63, 3.8) is 0 Å². The maximum absolute atomic E-state index is 13.0. The van der Waals surface area contributed by atoms with Crippen LogP contribution in [0.2, 0.25) is 0 Å². The summed E-state index contributed by atoms with van der Waals surface area (Å²) in [6, 6.07) is 9.21. The highest BCUT2D eigenvalue weighted by molar-refractivity contribution is 6.04. The first-order chi connectivity index (χ1) is 9.22. The van der Waals surface area contributed by atoms with Crippen LogP contribution in [0.3, 0.4) is 0 Å². The van der Waals surface area contributed by atoms with Crippen LogP contribution in [0.4, 0.5) is 10.1 Å². The van der Waals surface area contributed by atoms with Crippen molar-refractivity contribution in [2.75, 3.05) is 5.32 Å². The molecule has 3 aromatic rings. The molecule has 2 heterocycles. The van der Waals surface area contributed by atoms with Gasteiger partial charge in [0.05, 0.1) is 5.56 Å². The number of nitrogens with one attached hydrogen (secondary N) is 1. The van der Waals surface area contributed by atoms with Gasteiger partial charge in [0.25, 0.3) is 5.91 Å². The van der Waals surface area contributed by atoms with Crippen LogP contribution in [0, 0.1) is 5.82 Å². The Balaban J connectivity index is 1.87. The first kappa shape index (κ1) is 11.4. The Kier molecular flexibility index (Phi) is 2.72. The van der Waals surface area contributed by atoms with Crippen LogP contribution in [0.15, 0.2) is 55.0 Å². The second-order valence-corrected chi connectivity index (χ2v) is 4.07.